The first-order chi connectivity index (χ1) is 15.1. The second-order valence-electron chi connectivity index (χ2n) is 7.98. The summed E-state index contributed by atoms with van der Waals surface area (Å²) in [5.74, 6) is 1.86. The second-order valence-corrected chi connectivity index (χ2v) is 7.98. The van der Waals surface area contributed by atoms with Crippen molar-refractivity contribution in [3.05, 3.63) is 66.1 Å². The summed E-state index contributed by atoms with van der Waals surface area (Å²) in [6, 6.07) is 14.6. The molecule has 0 atom stereocenters. The van der Waals surface area contributed by atoms with E-state index in [0.717, 1.165) is 60.2 Å². The van der Waals surface area contributed by atoms with E-state index in [1.54, 1.807) is 13.4 Å². The molecule has 2 aromatic carbocycles. The molecular formula is C24H26N6O. The van der Waals surface area contributed by atoms with Gasteiger partial charge in [0.05, 0.1) is 30.1 Å². The maximum Gasteiger partial charge on any atom is 0.168 e. The van der Waals surface area contributed by atoms with Gasteiger partial charge in [0.2, 0.25) is 0 Å². The lowest BCUT2D eigenvalue weighted by Gasteiger charge is -2.37. The van der Waals surface area contributed by atoms with Gasteiger partial charge in [-0.2, -0.15) is 5.10 Å². The summed E-state index contributed by atoms with van der Waals surface area (Å²) in [4.78, 5) is 13.9. The topological polar surface area (TPSA) is 59.3 Å². The molecule has 7 nitrogen and oxygen atoms in total. The third-order valence-electron chi connectivity index (χ3n) is 5.80. The lowest BCUT2D eigenvalue weighted by molar-refractivity contribution is 0.413. The third-order valence-corrected chi connectivity index (χ3v) is 5.80. The van der Waals surface area contributed by atoms with E-state index in [-0.39, 0.29) is 0 Å². The second kappa shape index (κ2) is 7.91. The van der Waals surface area contributed by atoms with E-state index >= 15 is 0 Å². The summed E-state index contributed by atoms with van der Waals surface area (Å²) >= 11 is 0. The van der Waals surface area contributed by atoms with Crippen molar-refractivity contribution in [2.45, 2.75) is 13.8 Å². The van der Waals surface area contributed by atoms with Crippen molar-refractivity contribution in [1.82, 2.24) is 19.7 Å². The van der Waals surface area contributed by atoms with Gasteiger partial charge in [-0.05, 0) is 49.2 Å². The number of fused-ring (bicyclic) bond motifs is 1. The first kappa shape index (κ1) is 19.4. The van der Waals surface area contributed by atoms with Gasteiger partial charge in [-0.25, -0.2) is 14.6 Å². The van der Waals surface area contributed by atoms with Gasteiger partial charge >= 0.3 is 0 Å². The van der Waals surface area contributed by atoms with Crippen LogP contribution in [0.15, 0.2) is 55.0 Å². The fourth-order valence-corrected chi connectivity index (χ4v) is 4.40. The number of benzene rings is 2. The predicted octanol–water partition coefficient (Wildman–Crippen LogP) is 3.77. The Morgan fingerprint density at radius 1 is 0.871 bits per heavy atom. The predicted molar refractivity (Wildman–Crippen MR) is 124 cm³/mol. The lowest BCUT2D eigenvalue weighted by atomic mass is 10.1. The number of aryl methyl sites for hydroxylation is 2. The largest absolute Gasteiger partial charge is 0.495 e. The highest BCUT2D eigenvalue weighted by atomic mass is 16.5. The van der Waals surface area contributed by atoms with Gasteiger partial charge < -0.3 is 14.5 Å². The lowest BCUT2D eigenvalue weighted by Crippen LogP contribution is -2.47. The van der Waals surface area contributed by atoms with Crippen molar-refractivity contribution < 1.29 is 4.74 Å². The Kier molecular flexibility index (Phi) is 4.94. The molecule has 1 aliphatic rings. The molecule has 1 saturated heterocycles. The van der Waals surface area contributed by atoms with Gasteiger partial charge in [-0.15, -0.1) is 0 Å². The molecule has 0 N–H and O–H groups in total. The molecule has 0 unspecified atom stereocenters. The molecule has 0 spiro atoms. The van der Waals surface area contributed by atoms with E-state index < -0.39 is 0 Å². The van der Waals surface area contributed by atoms with Crippen molar-refractivity contribution in [3.63, 3.8) is 0 Å². The van der Waals surface area contributed by atoms with E-state index in [1.165, 1.54) is 11.1 Å². The highest BCUT2D eigenvalue weighted by Crippen LogP contribution is 2.30. The summed E-state index contributed by atoms with van der Waals surface area (Å²) in [7, 11) is 1.72. The molecule has 7 heteroatoms. The van der Waals surface area contributed by atoms with Gasteiger partial charge in [0.15, 0.2) is 5.65 Å². The van der Waals surface area contributed by atoms with Gasteiger partial charge in [-0.1, -0.05) is 18.2 Å². The number of para-hydroxylation sites is 2. The molecular weight excluding hydrogens is 388 g/mol. The minimum absolute atomic E-state index is 0.835. The minimum atomic E-state index is 0.835. The zero-order valence-electron chi connectivity index (χ0n) is 18.1. The average molecular weight is 415 g/mol. The molecule has 0 saturated carbocycles. The summed E-state index contributed by atoms with van der Waals surface area (Å²) in [6.45, 7) is 7.75. The van der Waals surface area contributed by atoms with Crippen LogP contribution in [0, 0.1) is 13.8 Å². The first-order valence-corrected chi connectivity index (χ1v) is 10.5. The molecule has 0 amide bonds. The number of aromatic nitrogens is 4. The van der Waals surface area contributed by atoms with Crippen LogP contribution in [0.25, 0.3) is 16.7 Å². The number of nitrogens with zero attached hydrogens (tertiary/aromatic N) is 6. The molecule has 0 aliphatic carbocycles. The number of piperazine rings is 1. The SMILES string of the molecule is COc1ccccc1N1CCN(c2ncnc3c2cnn3-c2cc(C)cc(C)c2)CC1. The van der Waals surface area contributed by atoms with Crippen LogP contribution >= 0.6 is 0 Å². The zero-order valence-corrected chi connectivity index (χ0v) is 18.1. The Hall–Kier alpha value is -3.61. The Balaban J connectivity index is 1.42. The molecule has 3 heterocycles. The van der Waals surface area contributed by atoms with E-state index in [9.17, 15) is 0 Å². The van der Waals surface area contributed by atoms with Crippen LogP contribution in [0.1, 0.15) is 11.1 Å². The van der Waals surface area contributed by atoms with Crippen LogP contribution in [-0.2, 0) is 0 Å². The van der Waals surface area contributed by atoms with E-state index in [1.807, 2.05) is 23.0 Å². The van der Waals surface area contributed by atoms with Crippen LogP contribution in [0.2, 0.25) is 0 Å². The summed E-state index contributed by atoms with van der Waals surface area (Å²) in [6.07, 6.45) is 3.53. The summed E-state index contributed by atoms with van der Waals surface area (Å²) in [5.41, 5.74) is 5.42. The van der Waals surface area contributed by atoms with Gasteiger partial charge in [0.1, 0.15) is 17.9 Å². The van der Waals surface area contributed by atoms with Crippen molar-refractivity contribution in [1.29, 1.82) is 0 Å². The number of hydrogen-bond donors (Lipinski definition) is 0. The summed E-state index contributed by atoms with van der Waals surface area (Å²) < 4.78 is 7.45. The first-order valence-electron chi connectivity index (χ1n) is 10.5. The molecule has 5 rings (SSSR count). The highest BCUT2D eigenvalue weighted by Gasteiger charge is 2.23. The van der Waals surface area contributed by atoms with Crippen molar-refractivity contribution in [2.24, 2.45) is 0 Å². The van der Waals surface area contributed by atoms with E-state index in [4.69, 9.17) is 4.74 Å². The van der Waals surface area contributed by atoms with Crippen LogP contribution < -0.4 is 14.5 Å². The molecule has 1 aliphatic heterocycles. The molecule has 1 fully saturated rings. The van der Waals surface area contributed by atoms with Gasteiger partial charge in [0.25, 0.3) is 0 Å². The number of rotatable bonds is 4. The Morgan fingerprint density at radius 2 is 1.58 bits per heavy atom. The third kappa shape index (κ3) is 3.56. The molecule has 31 heavy (non-hydrogen) atoms. The standard InChI is InChI=1S/C24H26N6O/c1-17-12-18(2)14-19(13-17)30-24-20(15-27-30)23(25-16-26-24)29-10-8-28(9-11-29)21-6-4-5-7-22(21)31-3/h4-7,12-16H,8-11H2,1-3H3. The summed E-state index contributed by atoms with van der Waals surface area (Å²) in [5, 5.41) is 5.63. The van der Waals surface area contributed by atoms with Crippen molar-refractivity contribution in [3.8, 4) is 11.4 Å². The highest BCUT2D eigenvalue weighted by molar-refractivity contribution is 5.87. The Bertz CT molecular complexity index is 1210. The smallest absolute Gasteiger partial charge is 0.168 e. The minimum Gasteiger partial charge on any atom is -0.495 e. The molecule has 4 aromatic rings. The van der Waals surface area contributed by atoms with Crippen LogP contribution in [0.4, 0.5) is 11.5 Å². The van der Waals surface area contributed by atoms with E-state index in [0.29, 0.717) is 0 Å². The normalized spacial score (nSPS) is 14.3. The number of methoxy groups -OCH3 is 1. The molecule has 0 radical (unpaired) electrons. The number of ether oxygens (including phenoxy) is 1. The van der Waals surface area contributed by atoms with Crippen LogP contribution in [0.3, 0.4) is 0 Å². The Morgan fingerprint density at radius 3 is 2.32 bits per heavy atom. The Labute approximate surface area is 181 Å². The van der Waals surface area contributed by atoms with Gasteiger partial charge in [0, 0.05) is 26.2 Å². The number of anilines is 2. The zero-order chi connectivity index (χ0) is 21.4. The molecule has 2 aromatic heterocycles. The fraction of sp³-hybridized carbons (Fsp3) is 0.292. The quantitative estimate of drug-likeness (QED) is 0.507. The monoisotopic (exact) mass is 414 g/mol. The molecule has 158 valence electrons. The van der Waals surface area contributed by atoms with Crippen molar-refractivity contribution >= 4 is 22.5 Å². The van der Waals surface area contributed by atoms with Crippen LogP contribution in [0.5, 0.6) is 5.75 Å². The average Bonchev–Trinajstić information content (AvgIpc) is 3.23. The van der Waals surface area contributed by atoms with Crippen molar-refractivity contribution in [2.75, 3.05) is 43.1 Å². The van der Waals surface area contributed by atoms with Crippen LogP contribution in [-0.4, -0.2) is 53.0 Å². The maximum absolute atomic E-state index is 5.54. The maximum atomic E-state index is 5.54. The molecule has 0 bridgehead atoms. The van der Waals surface area contributed by atoms with Gasteiger partial charge in [-0.3, -0.25) is 0 Å². The van der Waals surface area contributed by atoms with E-state index in [2.05, 4.69) is 69.0 Å². The fourth-order valence-electron chi connectivity index (χ4n) is 4.40. The number of hydrogen-bond acceptors (Lipinski definition) is 6.